The van der Waals surface area contributed by atoms with E-state index in [1.54, 1.807) is 12.1 Å². The average Bonchev–Trinajstić information content (AvgIpc) is 3.37. The van der Waals surface area contributed by atoms with Crippen LogP contribution < -0.4 is 0 Å². The molecule has 0 saturated heterocycles. The lowest BCUT2D eigenvalue weighted by molar-refractivity contribution is 0.0691. The maximum absolute atomic E-state index is 11.3. The molecule has 0 unspecified atom stereocenters. The van der Waals surface area contributed by atoms with Crippen molar-refractivity contribution in [2.75, 3.05) is 0 Å². The van der Waals surface area contributed by atoms with Gasteiger partial charge in [0.05, 0.1) is 0 Å². The minimum atomic E-state index is -0.914. The Morgan fingerprint density at radius 1 is 0.600 bits per heavy atom. The van der Waals surface area contributed by atoms with E-state index in [1.165, 1.54) is 22.7 Å². The number of aromatic carboxylic acids is 2. The highest BCUT2D eigenvalue weighted by Gasteiger charge is 2.13. The summed E-state index contributed by atoms with van der Waals surface area (Å²) in [4.78, 5) is 23.2. The Kier molecular flexibility index (Phi) is 4.38. The van der Waals surface area contributed by atoms with Crippen LogP contribution in [-0.2, 0) is 0 Å². The number of carbonyl (C=O) groups is 2. The lowest BCUT2D eigenvalue weighted by Gasteiger charge is -2.10. The van der Waals surface area contributed by atoms with Crippen molar-refractivity contribution in [1.82, 2.24) is 0 Å². The van der Waals surface area contributed by atoms with Crippen molar-refractivity contribution in [3.8, 4) is 22.3 Å². The zero-order valence-corrected chi connectivity index (χ0v) is 17.1. The maximum atomic E-state index is 11.3. The van der Waals surface area contributed by atoms with E-state index in [0.717, 1.165) is 42.4 Å². The van der Waals surface area contributed by atoms with Gasteiger partial charge in [0, 0.05) is 9.40 Å². The SMILES string of the molecule is O=C(O)c1cc2ccc(-c3ccccc3-c3ccc4cc(C(=O)O)sc4c3)cc2s1. The lowest BCUT2D eigenvalue weighted by Crippen LogP contribution is -1.89. The van der Waals surface area contributed by atoms with Gasteiger partial charge >= 0.3 is 11.9 Å². The van der Waals surface area contributed by atoms with Crippen LogP contribution in [0.25, 0.3) is 42.4 Å². The fourth-order valence-electron chi connectivity index (χ4n) is 3.59. The van der Waals surface area contributed by atoms with Crippen LogP contribution in [0, 0.1) is 0 Å². The smallest absolute Gasteiger partial charge is 0.345 e. The van der Waals surface area contributed by atoms with E-state index in [4.69, 9.17) is 0 Å². The van der Waals surface area contributed by atoms with Crippen LogP contribution in [0.3, 0.4) is 0 Å². The highest BCUT2D eigenvalue weighted by molar-refractivity contribution is 7.21. The summed E-state index contributed by atoms with van der Waals surface area (Å²) in [5, 5.41) is 20.4. The normalized spacial score (nSPS) is 11.2. The number of benzene rings is 3. The predicted molar refractivity (Wildman–Crippen MR) is 122 cm³/mol. The molecule has 4 nitrogen and oxygen atoms in total. The largest absolute Gasteiger partial charge is 0.477 e. The Morgan fingerprint density at radius 3 is 1.43 bits per heavy atom. The van der Waals surface area contributed by atoms with Crippen LogP contribution in [0.5, 0.6) is 0 Å². The van der Waals surface area contributed by atoms with E-state index < -0.39 is 11.9 Å². The Morgan fingerprint density at radius 2 is 1.03 bits per heavy atom. The van der Waals surface area contributed by atoms with Crippen molar-refractivity contribution in [3.05, 3.63) is 82.6 Å². The molecule has 30 heavy (non-hydrogen) atoms. The van der Waals surface area contributed by atoms with Gasteiger partial charge in [-0.15, -0.1) is 22.7 Å². The number of carboxylic acids is 2. The Balaban J connectivity index is 1.64. The first kappa shape index (κ1) is 18.5. The highest BCUT2D eigenvalue weighted by Crippen LogP contribution is 2.37. The molecule has 2 aromatic heterocycles. The minimum Gasteiger partial charge on any atom is -0.477 e. The molecule has 5 rings (SSSR count). The second-order valence-electron chi connectivity index (χ2n) is 6.88. The van der Waals surface area contributed by atoms with E-state index in [1.807, 2.05) is 60.7 Å². The van der Waals surface area contributed by atoms with Gasteiger partial charge in [-0.3, -0.25) is 0 Å². The Labute approximate surface area is 179 Å². The second-order valence-corrected chi connectivity index (χ2v) is 9.05. The van der Waals surface area contributed by atoms with Crippen molar-refractivity contribution in [2.24, 2.45) is 0 Å². The minimum absolute atomic E-state index is 0.327. The molecule has 5 aromatic rings. The summed E-state index contributed by atoms with van der Waals surface area (Å²) in [6.45, 7) is 0. The number of hydrogen-bond donors (Lipinski definition) is 2. The van der Waals surface area contributed by atoms with E-state index in [9.17, 15) is 19.8 Å². The molecule has 6 heteroatoms. The van der Waals surface area contributed by atoms with Crippen molar-refractivity contribution in [1.29, 1.82) is 0 Å². The van der Waals surface area contributed by atoms with Crippen LogP contribution in [0.2, 0.25) is 0 Å². The van der Waals surface area contributed by atoms with E-state index in [0.29, 0.717) is 9.75 Å². The van der Waals surface area contributed by atoms with Crippen molar-refractivity contribution in [2.45, 2.75) is 0 Å². The summed E-state index contributed by atoms with van der Waals surface area (Å²) in [5.41, 5.74) is 4.10. The maximum Gasteiger partial charge on any atom is 0.345 e. The molecule has 0 radical (unpaired) electrons. The monoisotopic (exact) mass is 430 g/mol. The number of rotatable bonds is 4. The molecule has 3 aromatic carbocycles. The highest BCUT2D eigenvalue weighted by atomic mass is 32.1. The van der Waals surface area contributed by atoms with Gasteiger partial charge < -0.3 is 10.2 Å². The number of hydrogen-bond acceptors (Lipinski definition) is 4. The third-order valence-corrected chi connectivity index (χ3v) is 7.18. The molecule has 2 heterocycles. The molecule has 0 atom stereocenters. The fraction of sp³-hybridized carbons (Fsp3) is 0. The van der Waals surface area contributed by atoms with Crippen molar-refractivity contribution < 1.29 is 19.8 Å². The zero-order valence-electron chi connectivity index (χ0n) is 15.5. The van der Waals surface area contributed by atoms with Crippen LogP contribution >= 0.6 is 22.7 Å². The molecule has 146 valence electrons. The molecular weight excluding hydrogens is 416 g/mol. The summed E-state index contributed by atoms with van der Waals surface area (Å²) in [7, 11) is 0. The first-order valence-electron chi connectivity index (χ1n) is 9.13. The van der Waals surface area contributed by atoms with E-state index in [-0.39, 0.29) is 0 Å². The van der Waals surface area contributed by atoms with Gasteiger partial charge in [-0.1, -0.05) is 48.5 Å². The predicted octanol–water partition coefficient (Wildman–Crippen LogP) is 6.85. The first-order valence-corrected chi connectivity index (χ1v) is 10.8. The fourth-order valence-corrected chi connectivity index (χ4v) is 5.48. The Bertz CT molecular complexity index is 1350. The second kappa shape index (κ2) is 7.09. The van der Waals surface area contributed by atoms with Gasteiger partial charge in [0.25, 0.3) is 0 Å². The molecule has 0 amide bonds. The molecule has 0 fully saturated rings. The Hall–Kier alpha value is -3.48. The summed E-state index contributed by atoms with van der Waals surface area (Å²) in [5.74, 6) is -1.83. The average molecular weight is 431 g/mol. The van der Waals surface area contributed by atoms with Gasteiger partial charge in [0.15, 0.2) is 0 Å². The van der Waals surface area contributed by atoms with Gasteiger partial charge in [-0.25, -0.2) is 9.59 Å². The molecule has 0 bridgehead atoms. The summed E-state index contributed by atoms with van der Waals surface area (Å²) >= 11 is 2.54. The van der Waals surface area contributed by atoms with E-state index in [2.05, 4.69) is 0 Å². The van der Waals surface area contributed by atoms with Gasteiger partial charge in [-0.05, 0) is 57.3 Å². The summed E-state index contributed by atoms with van der Waals surface area (Å²) < 4.78 is 1.86. The molecule has 0 aliphatic rings. The van der Waals surface area contributed by atoms with Gasteiger partial charge in [-0.2, -0.15) is 0 Å². The van der Waals surface area contributed by atoms with Crippen LogP contribution in [0.1, 0.15) is 19.3 Å². The lowest BCUT2D eigenvalue weighted by atomic mass is 9.94. The third kappa shape index (κ3) is 3.16. The van der Waals surface area contributed by atoms with Gasteiger partial charge in [0.2, 0.25) is 0 Å². The summed E-state index contributed by atoms with van der Waals surface area (Å²) in [6.07, 6.45) is 0. The van der Waals surface area contributed by atoms with Crippen LogP contribution in [-0.4, -0.2) is 22.2 Å². The molecule has 0 aliphatic carbocycles. The molecule has 0 saturated carbocycles. The molecular formula is C24H14O4S2. The quantitative estimate of drug-likeness (QED) is 0.327. The summed E-state index contributed by atoms with van der Waals surface area (Å²) in [6, 6.07) is 23.4. The number of carboxylic acid groups (broad SMARTS) is 2. The first-order chi connectivity index (χ1) is 14.5. The number of thiophene rings is 2. The van der Waals surface area contributed by atoms with Crippen molar-refractivity contribution >= 4 is 54.8 Å². The zero-order chi connectivity index (χ0) is 20.8. The van der Waals surface area contributed by atoms with Crippen molar-refractivity contribution in [3.63, 3.8) is 0 Å². The molecule has 0 spiro atoms. The standard InChI is InChI=1S/C24H14O4S2/c25-23(26)21-11-15-7-5-13(9-19(15)29-21)17-3-1-2-4-18(17)14-6-8-16-12-22(24(27)28)30-20(16)10-14/h1-12H,(H,25,26)(H,27,28). The van der Waals surface area contributed by atoms with Crippen LogP contribution in [0.4, 0.5) is 0 Å². The molecule has 2 N–H and O–H groups in total. The van der Waals surface area contributed by atoms with Crippen LogP contribution in [0.15, 0.2) is 72.8 Å². The number of fused-ring (bicyclic) bond motifs is 2. The molecule has 0 aliphatic heterocycles. The topological polar surface area (TPSA) is 74.6 Å². The van der Waals surface area contributed by atoms with E-state index >= 15 is 0 Å². The van der Waals surface area contributed by atoms with Gasteiger partial charge in [0.1, 0.15) is 9.75 Å². The third-order valence-electron chi connectivity index (χ3n) is 5.01.